The molecule has 0 spiro atoms. The lowest BCUT2D eigenvalue weighted by atomic mass is 10.1. The number of aryl methyl sites for hydroxylation is 1. The van der Waals surface area contributed by atoms with E-state index in [4.69, 9.17) is 14.9 Å². The van der Waals surface area contributed by atoms with Crippen LogP contribution in [0.1, 0.15) is 12.5 Å². The number of rotatable bonds is 3. The molecule has 0 radical (unpaired) electrons. The number of oxazole rings is 1. The van der Waals surface area contributed by atoms with Crippen LogP contribution in [0, 0.1) is 0 Å². The number of hydrogen-bond donors (Lipinski definition) is 1. The van der Waals surface area contributed by atoms with Crippen LogP contribution in [-0.4, -0.2) is 40.7 Å². The number of hydrogen-bond acceptors (Lipinski definition) is 5. The van der Waals surface area contributed by atoms with Gasteiger partial charge in [0.25, 0.3) is 0 Å². The van der Waals surface area contributed by atoms with E-state index >= 15 is 0 Å². The van der Waals surface area contributed by atoms with Crippen LogP contribution in [-0.2, 0) is 23.1 Å². The molecule has 1 fully saturated rings. The SMILES string of the molecule is C[C@@H]1CN(Cc2ccc3c(c2)oc(=O)n3C)CC(C(N)=O)O1. The predicted molar refractivity (Wildman–Crippen MR) is 80.3 cm³/mol. The molecule has 1 aromatic heterocycles. The van der Waals surface area contributed by atoms with Crippen molar-refractivity contribution in [1.82, 2.24) is 9.47 Å². The second kappa shape index (κ2) is 5.58. The maximum Gasteiger partial charge on any atom is 0.419 e. The fourth-order valence-electron chi connectivity index (χ4n) is 2.86. The van der Waals surface area contributed by atoms with Crippen molar-refractivity contribution in [2.24, 2.45) is 12.8 Å². The number of amides is 1. The number of primary amides is 1. The molecule has 2 atom stereocenters. The summed E-state index contributed by atoms with van der Waals surface area (Å²) in [5, 5.41) is 0. The van der Waals surface area contributed by atoms with Crippen molar-refractivity contribution >= 4 is 17.0 Å². The minimum Gasteiger partial charge on any atom is -0.408 e. The number of fused-ring (bicyclic) bond motifs is 1. The van der Waals surface area contributed by atoms with Crippen molar-refractivity contribution in [3.8, 4) is 0 Å². The maximum atomic E-state index is 11.5. The van der Waals surface area contributed by atoms with E-state index in [-0.39, 0.29) is 11.9 Å². The summed E-state index contributed by atoms with van der Waals surface area (Å²) in [7, 11) is 1.68. The highest BCUT2D eigenvalue weighted by molar-refractivity contribution is 5.79. The smallest absolute Gasteiger partial charge is 0.408 e. The molecule has 7 nitrogen and oxygen atoms in total. The van der Waals surface area contributed by atoms with Gasteiger partial charge in [-0.25, -0.2) is 4.79 Å². The van der Waals surface area contributed by atoms with Crippen molar-refractivity contribution in [3.63, 3.8) is 0 Å². The van der Waals surface area contributed by atoms with E-state index in [1.165, 1.54) is 4.57 Å². The van der Waals surface area contributed by atoms with E-state index in [1.807, 2.05) is 25.1 Å². The zero-order valence-corrected chi connectivity index (χ0v) is 12.6. The van der Waals surface area contributed by atoms with Gasteiger partial charge in [-0.1, -0.05) is 6.07 Å². The van der Waals surface area contributed by atoms with Gasteiger partial charge in [0.15, 0.2) is 5.58 Å². The minimum absolute atomic E-state index is 0.0513. The van der Waals surface area contributed by atoms with Crippen LogP contribution in [0.4, 0.5) is 0 Å². The van der Waals surface area contributed by atoms with Gasteiger partial charge in [0, 0.05) is 26.7 Å². The maximum absolute atomic E-state index is 11.5. The molecule has 1 unspecified atom stereocenters. The van der Waals surface area contributed by atoms with Gasteiger partial charge in [-0.3, -0.25) is 14.3 Å². The third-order valence-electron chi connectivity index (χ3n) is 3.92. The van der Waals surface area contributed by atoms with E-state index in [0.717, 1.165) is 17.6 Å². The number of carbonyl (C=O) groups is 1. The van der Waals surface area contributed by atoms with Crippen LogP contribution in [0.2, 0.25) is 0 Å². The van der Waals surface area contributed by atoms with Crippen molar-refractivity contribution in [3.05, 3.63) is 34.3 Å². The Kier molecular flexibility index (Phi) is 3.76. The summed E-state index contributed by atoms with van der Waals surface area (Å²) < 4.78 is 12.2. The monoisotopic (exact) mass is 305 g/mol. The van der Waals surface area contributed by atoms with E-state index in [2.05, 4.69) is 4.90 Å². The van der Waals surface area contributed by atoms with Crippen LogP contribution < -0.4 is 11.5 Å². The molecule has 22 heavy (non-hydrogen) atoms. The summed E-state index contributed by atoms with van der Waals surface area (Å²) >= 11 is 0. The first-order valence-corrected chi connectivity index (χ1v) is 7.19. The number of benzene rings is 1. The van der Waals surface area contributed by atoms with Gasteiger partial charge in [-0.15, -0.1) is 0 Å². The standard InChI is InChI=1S/C15H19N3O4/c1-9-6-18(8-13(21-9)14(16)19)7-10-3-4-11-12(5-10)22-15(20)17(11)2/h3-5,9,13H,6-8H2,1-2H3,(H2,16,19)/t9-,13?/m1/s1. The third-order valence-corrected chi connectivity index (χ3v) is 3.92. The molecule has 1 amide bonds. The number of ether oxygens (including phenoxy) is 1. The molecule has 0 saturated carbocycles. The first-order valence-electron chi connectivity index (χ1n) is 7.19. The molecule has 1 aromatic carbocycles. The van der Waals surface area contributed by atoms with Gasteiger partial charge in [-0.2, -0.15) is 0 Å². The van der Waals surface area contributed by atoms with E-state index in [9.17, 15) is 9.59 Å². The average molecular weight is 305 g/mol. The largest absolute Gasteiger partial charge is 0.419 e. The lowest BCUT2D eigenvalue weighted by Crippen LogP contribution is -2.51. The number of morpholine rings is 1. The quantitative estimate of drug-likeness (QED) is 0.875. The highest BCUT2D eigenvalue weighted by Gasteiger charge is 2.28. The molecule has 3 rings (SSSR count). The predicted octanol–water partition coefficient (Wildman–Crippen LogP) is 0.206. The number of aromatic nitrogens is 1. The Morgan fingerprint density at radius 2 is 2.18 bits per heavy atom. The Morgan fingerprint density at radius 1 is 1.41 bits per heavy atom. The minimum atomic E-state index is -0.581. The molecule has 1 aliphatic heterocycles. The molecular weight excluding hydrogens is 286 g/mol. The second-order valence-corrected chi connectivity index (χ2v) is 5.76. The third kappa shape index (κ3) is 2.77. The number of carbonyl (C=O) groups excluding carboxylic acids is 1. The Hall–Kier alpha value is -2.12. The molecule has 0 bridgehead atoms. The zero-order valence-electron chi connectivity index (χ0n) is 12.6. The van der Waals surface area contributed by atoms with Crippen LogP contribution in [0.5, 0.6) is 0 Å². The molecule has 1 aliphatic rings. The van der Waals surface area contributed by atoms with Gasteiger partial charge in [0.2, 0.25) is 5.91 Å². The lowest BCUT2D eigenvalue weighted by Gasteiger charge is -2.35. The van der Waals surface area contributed by atoms with Crippen LogP contribution >= 0.6 is 0 Å². The first-order chi connectivity index (χ1) is 10.4. The normalized spacial score (nSPS) is 23.0. The fourth-order valence-corrected chi connectivity index (χ4v) is 2.86. The van der Waals surface area contributed by atoms with E-state index in [1.54, 1.807) is 7.05 Å². The Bertz CT molecular complexity index is 764. The van der Waals surface area contributed by atoms with Crippen molar-refractivity contribution in [2.45, 2.75) is 25.7 Å². The van der Waals surface area contributed by atoms with Crippen LogP contribution in [0.25, 0.3) is 11.1 Å². The molecular formula is C15H19N3O4. The molecule has 7 heteroatoms. The Labute approximate surface area is 127 Å². The van der Waals surface area contributed by atoms with E-state index in [0.29, 0.717) is 18.7 Å². The van der Waals surface area contributed by atoms with Crippen LogP contribution in [0.15, 0.2) is 27.4 Å². The fraction of sp³-hybridized carbons (Fsp3) is 0.467. The summed E-state index contributed by atoms with van der Waals surface area (Å²) in [5.41, 5.74) is 7.68. The van der Waals surface area contributed by atoms with Crippen molar-refractivity contribution < 1.29 is 13.9 Å². The van der Waals surface area contributed by atoms with Crippen molar-refractivity contribution in [2.75, 3.05) is 13.1 Å². The molecule has 0 aliphatic carbocycles. The molecule has 118 valence electrons. The second-order valence-electron chi connectivity index (χ2n) is 5.76. The van der Waals surface area contributed by atoms with Gasteiger partial charge in [0.1, 0.15) is 6.10 Å². The summed E-state index contributed by atoms with van der Waals surface area (Å²) in [6.07, 6.45) is -0.633. The molecule has 1 saturated heterocycles. The Morgan fingerprint density at radius 3 is 2.91 bits per heavy atom. The summed E-state index contributed by atoms with van der Waals surface area (Å²) in [6, 6.07) is 5.68. The highest BCUT2D eigenvalue weighted by atomic mass is 16.5. The van der Waals surface area contributed by atoms with Crippen molar-refractivity contribution in [1.29, 1.82) is 0 Å². The van der Waals surface area contributed by atoms with Gasteiger partial charge in [0.05, 0.1) is 11.6 Å². The molecule has 2 aromatic rings. The first kappa shape index (κ1) is 14.8. The summed E-state index contributed by atoms with van der Waals surface area (Å²) in [4.78, 5) is 25.0. The van der Waals surface area contributed by atoms with Gasteiger partial charge >= 0.3 is 5.76 Å². The molecule has 2 N–H and O–H groups in total. The van der Waals surface area contributed by atoms with Gasteiger partial charge < -0.3 is 14.9 Å². The summed E-state index contributed by atoms with van der Waals surface area (Å²) in [5.74, 6) is -0.818. The lowest BCUT2D eigenvalue weighted by molar-refractivity contribution is -0.142. The van der Waals surface area contributed by atoms with Crippen LogP contribution in [0.3, 0.4) is 0 Å². The molecule has 2 heterocycles. The number of nitrogens with two attached hydrogens (primary N) is 1. The number of nitrogens with zero attached hydrogens (tertiary/aromatic N) is 2. The topological polar surface area (TPSA) is 90.7 Å². The Balaban J connectivity index is 1.80. The summed E-state index contributed by atoms with van der Waals surface area (Å²) in [6.45, 7) is 3.75. The zero-order chi connectivity index (χ0) is 15.9. The van der Waals surface area contributed by atoms with Gasteiger partial charge in [-0.05, 0) is 24.6 Å². The average Bonchev–Trinajstić information content (AvgIpc) is 2.73. The highest BCUT2D eigenvalue weighted by Crippen LogP contribution is 2.18. The van der Waals surface area contributed by atoms with E-state index < -0.39 is 12.0 Å².